The van der Waals surface area contributed by atoms with E-state index >= 15 is 0 Å². The van der Waals surface area contributed by atoms with Gasteiger partial charge in [0.15, 0.2) is 5.17 Å². The van der Waals surface area contributed by atoms with Gasteiger partial charge in [0.25, 0.3) is 5.91 Å². The molecule has 0 radical (unpaired) electrons. The molecule has 0 spiro atoms. The number of nitrogens with zero attached hydrogens (tertiary/aromatic N) is 1. The zero-order valence-electron chi connectivity index (χ0n) is 15.1. The molecule has 0 aromatic heterocycles. The summed E-state index contributed by atoms with van der Waals surface area (Å²) in [7, 11) is 0. The van der Waals surface area contributed by atoms with Gasteiger partial charge >= 0.3 is 0 Å². The molecule has 1 N–H and O–H groups in total. The first-order chi connectivity index (χ1) is 13.7. The van der Waals surface area contributed by atoms with Crippen LogP contribution in [0.5, 0.6) is 5.75 Å². The van der Waals surface area contributed by atoms with Crippen LogP contribution < -0.4 is 10.1 Å². The molecule has 1 saturated heterocycles. The Morgan fingerprint density at radius 3 is 2.71 bits per heavy atom. The molecule has 0 atom stereocenters. The van der Waals surface area contributed by atoms with Crippen LogP contribution in [0.1, 0.15) is 12.5 Å². The summed E-state index contributed by atoms with van der Waals surface area (Å²) in [6.07, 6.45) is 1.80. The highest BCUT2D eigenvalue weighted by atomic mass is 32.2. The van der Waals surface area contributed by atoms with Crippen molar-refractivity contribution in [2.24, 2.45) is 4.99 Å². The third-order valence-electron chi connectivity index (χ3n) is 4.23. The van der Waals surface area contributed by atoms with Gasteiger partial charge in [-0.15, -0.1) is 0 Å². The van der Waals surface area contributed by atoms with Crippen molar-refractivity contribution < 1.29 is 13.9 Å². The molecular formula is C22H17FN2O2S. The predicted octanol–water partition coefficient (Wildman–Crippen LogP) is 5.27. The highest BCUT2D eigenvalue weighted by Crippen LogP contribution is 2.34. The molecule has 6 heteroatoms. The topological polar surface area (TPSA) is 50.7 Å². The third-order valence-corrected chi connectivity index (χ3v) is 5.14. The number of hydrogen-bond acceptors (Lipinski definition) is 4. The van der Waals surface area contributed by atoms with Crippen molar-refractivity contribution in [3.05, 3.63) is 76.9 Å². The second-order valence-electron chi connectivity index (χ2n) is 6.06. The van der Waals surface area contributed by atoms with E-state index in [1.165, 1.54) is 17.8 Å². The lowest BCUT2D eigenvalue weighted by Gasteiger charge is -2.11. The molecule has 1 amide bonds. The predicted molar refractivity (Wildman–Crippen MR) is 112 cm³/mol. The van der Waals surface area contributed by atoms with Gasteiger partial charge in [0.2, 0.25) is 0 Å². The Balaban J connectivity index is 1.74. The Labute approximate surface area is 166 Å². The first-order valence-electron chi connectivity index (χ1n) is 8.84. The maximum absolute atomic E-state index is 13.8. The maximum atomic E-state index is 13.8. The Hall–Kier alpha value is -3.12. The number of nitrogens with one attached hydrogen (secondary N) is 1. The van der Waals surface area contributed by atoms with Crippen molar-refractivity contribution in [1.29, 1.82) is 0 Å². The first kappa shape index (κ1) is 18.3. The Morgan fingerprint density at radius 2 is 1.89 bits per heavy atom. The molecular weight excluding hydrogens is 375 g/mol. The van der Waals surface area contributed by atoms with E-state index in [1.54, 1.807) is 24.3 Å². The smallest absolute Gasteiger partial charge is 0.264 e. The van der Waals surface area contributed by atoms with Crippen molar-refractivity contribution in [2.75, 3.05) is 6.61 Å². The molecule has 0 aliphatic carbocycles. The van der Waals surface area contributed by atoms with E-state index in [9.17, 15) is 9.18 Å². The van der Waals surface area contributed by atoms with Crippen molar-refractivity contribution in [3.8, 4) is 5.75 Å². The van der Waals surface area contributed by atoms with Gasteiger partial charge in [0, 0.05) is 5.56 Å². The summed E-state index contributed by atoms with van der Waals surface area (Å²) >= 11 is 1.18. The van der Waals surface area contributed by atoms with Crippen molar-refractivity contribution in [1.82, 2.24) is 5.32 Å². The summed E-state index contributed by atoms with van der Waals surface area (Å²) in [6.45, 7) is 2.44. The summed E-state index contributed by atoms with van der Waals surface area (Å²) in [5, 5.41) is 5.10. The van der Waals surface area contributed by atoms with E-state index in [-0.39, 0.29) is 11.6 Å². The molecule has 1 aliphatic rings. The number of ether oxygens (including phenoxy) is 1. The third kappa shape index (κ3) is 3.64. The summed E-state index contributed by atoms with van der Waals surface area (Å²) in [5.74, 6) is 0.00651. The van der Waals surface area contributed by atoms with Crippen LogP contribution in [0.15, 0.2) is 70.6 Å². The van der Waals surface area contributed by atoms with E-state index in [0.717, 1.165) is 16.3 Å². The van der Waals surface area contributed by atoms with Crippen LogP contribution in [0.25, 0.3) is 16.8 Å². The fourth-order valence-corrected chi connectivity index (χ4v) is 3.79. The standard InChI is InChI=1S/C22H17FN2O2S/c1-2-27-19-12-11-14-7-3-4-8-15(14)16(19)13-20-21(26)25-22(28-20)24-18-10-6-5-9-17(18)23/h3-13H,2H2,1H3,(H,24,25,26)/b20-13-. The van der Waals surface area contributed by atoms with Crippen molar-refractivity contribution in [2.45, 2.75) is 6.92 Å². The van der Waals surface area contributed by atoms with Gasteiger partial charge in [-0.25, -0.2) is 9.38 Å². The molecule has 1 aliphatic heterocycles. The monoisotopic (exact) mass is 392 g/mol. The average Bonchev–Trinajstić information content (AvgIpc) is 3.04. The largest absolute Gasteiger partial charge is 0.493 e. The van der Waals surface area contributed by atoms with Gasteiger partial charge in [0.05, 0.1) is 11.5 Å². The van der Waals surface area contributed by atoms with Gasteiger partial charge in [-0.05, 0) is 53.7 Å². The van der Waals surface area contributed by atoms with E-state index in [2.05, 4.69) is 10.3 Å². The molecule has 0 bridgehead atoms. The van der Waals surface area contributed by atoms with Crippen molar-refractivity contribution in [3.63, 3.8) is 0 Å². The van der Waals surface area contributed by atoms with Crippen LogP contribution in [-0.2, 0) is 4.79 Å². The quantitative estimate of drug-likeness (QED) is 0.616. The number of para-hydroxylation sites is 1. The van der Waals surface area contributed by atoms with Crippen LogP contribution in [0.2, 0.25) is 0 Å². The number of halogens is 1. The van der Waals surface area contributed by atoms with Gasteiger partial charge in [0.1, 0.15) is 17.3 Å². The lowest BCUT2D eigenvalue weighted by atomic mass is 10.0. The number of benzene rings is 3. The second-order valence-corrected chi connectivity index (χ2v) is 7.10. The summed E-state index contributed by atoms with van der Waals surface area (Å²) in [4.78, 5) is 17.2. The highest BCUT2D eigenvalue weighted by molar-refractivity contribution is 8.18. The van der Waals surface area contributed by atoms with Crippen LogP contribution in [0.3, 0.4) is 0 Å². The van der Waals surface area contributed by atoms with E-state index in [0.29, 0.717) is 22.4 Å². The number of hydrogen-bond donors (Lipinski definition) is 1. The number of carbonyl (C=O) groups excluding carboxylic acids is 1. The second kappa shape index (κ2) is 7.86. The SMILES string of the molecule is CCOc1ccc2ccccc2c1/C=C1\SC(=Nc2ccccc2F)NC1=O. The number of aliphatic imine (C=N–C) groups is 1. The van der Waals surface area contributed by atoms with Crippen LogP contribution in [0.4, 0.5) is 10.1 Å². The minimum Gasteiger partial charge on any atom is -0.493 e. The molecule has 4 nitrogen and oxygen atoms in total. The number of carbonyl (C=O) groups is 1. The molecule has 28 heavy (non-hydrogen) atoms. The molecule has 4 rings (SSSR count). The molecule has 140 valence electrons. The lowest BCUT2D eigenvalue weighted by molar-refractivity contribution is -0.115. The molecule has 1 heterocycles. The Kier molecular flexibility index (Phi) is 5.12. The summed E-state index contributed by atoms with van der Waals surface area (Å²) in [5.41, 5.74) is 1.02. The van der Waals surface area contributed by atoms with Crippen LogP contribution in [-0.4, -0.2) is 17.7 Å². The molecule has 1 fully saturated rings. The van der Waals surface area contributed by atoms with Gasteiger partial charge in [-0.1, -0.05) is 42.5 Å². The van der Waals surface area contributed by atoms with Crippen LogP contribution in [0, 0.1) is 5.82 Å². The number of thioether (sulfide) groups is 1. The molecule has 0 unspecified atom stereocenters. The average molecular weight is 392 g/mol. The maximum Gasteiger partial charge on any atom is 0.264 e. The molecule has 0 saturated carbocycles. The highest BCUT2D eigenvalue weighted by Gasteiger charge is 2.25. The van der Waals surface area contributed by atoms with Crippen LogP contribution >= 0.6 is 11.8 Å². The van der Waals surface area contributed by atoms with Gasteiger partial charge in [-0.2, -0.15) is 0 Å². The number of fused-ring (bicyclic) bond motifs is 1. The van der Waals surface area contributed by atoms with Gasteiger partial charge in [-0.3, -0.25) is 4.79 Å². The minimum absolute atomic E-state index is 0.187. The normalized spacial score (nSPS) is 16.7. The fourth-order valence-electron chi connectivity index (χ4n) is 2.97. The summed E-state index contributed by atoms with van der Waals surface area (Å²) < 4.78 is 19.6. The molecule has 3 aromatic rings. The van der Waals surface area contributed by atoms with E-state index in [1.807, 2.05) is 43.3 Å². The first-order valence-corrected chi connectivity index (χ1v) is 9.66. The zero-order chi connectivity index (χ0) is 19.5. The fraction of sp³-hybridized carbons (Fsp3) is 0.0909. The zero-order valence-corrected chi connectivity index (χ0v) is 15.9. The summed E-state index contributed by atoms with van der Waals surface area (Å²) in [6, 6.07) is 18.0. The number of rotatable bonds is 4. The van der Waals surface area contributed by atoms with E-state index in [4.69, 9.17) is 4.74 Å². The Bertz CT molecular complexity index is 1120. The molecule has 3 aromatic carbocycles. The van der Waals surface area contributed by atoms with E-state index < -0.39 is 5.82 Å². The Morgan fingerprint density at radius 1 is 1.11 bits per heavy atom. The van der Waals surface area contributed by atoms with Crippen molar-refractivity contribution >= 4 is 45.4 Å². The minimum atomic E-state index is -0.435. The van der Waals surface area contributed by atoms with Gasteiger partial charge < -0.3 is 10.1 Å². The lowest BCUT2D eigenvalue weighted by Crippen LogP contribution is -2.19. The number of amides is 1. The number of amidine groups is 1.